The van der Waals surface area contributed by atoms with Crippen LogP contribution in [-0.4, -0.2) is 52.6 Å². The molecule has 42 heavy (non-hydrogen) atoms. The standard InChI is InChI=1S/C34H50N4O4/c1-22-28(32(41)35-27-13-15-42-16-14-27)20-29(38(22)21-23-11-9-8-10-12-23)24-17-25(30(39)36-33(2,3)4)19-26(18-24)31(40)37-34(5,6)7/h17-20,23,27H,8-16,21H2,1-7H3,(H,35,41)(H,36,39)(H,37,40). The zero-order valence-electron chi connectivity index (χ0n) is 26.6. The minimum atomic E-state index is -0.436. The lowest BCUT2D eigenvalue weighted by molar-refractivity contribution is 0.0695. The van der Waals surface area contributed by atoms with Gasteiger partial charge in [0.15, 0.2) is 0 Å². The Balaban J connectivity index is 1.80. The molecule has 8 nitrogen and oxygen atoms in total. The van der Waals surface area contributed by atoms with Gasteiger partial charge in [0.05, 0.1) is 5.56 Å². The summed E-state index contributed by atoms with van der Waals surface area (Å²) >= 11 is 0. The van der Waals surface area contributed by atoms with Crippen LogP contribution in [-0.2, 0) is 11.3 Å². The summed E-state index contributed by atoms with van der Waals surface area (Å²) in [7, 11) is 0. The van der Waals surface area contributed by atoms with E-state index in [1.807, 2.05) is 66.7 Å². The third-order valence-electron chi connectivity index (χ3n) is 8.06. The summed E-state index contributed by atoms with van der Waals surface area (Å²) in [5.74, 6) is -0.0519. The Morgan fingerprint density at radius 3 is 1.86 bits per heavy atom. The van der Waals surface area contributed by atoms with Gasteiger partial charge in [-0.3, -0.25) is 14.4 Å². The monoisotopic (exact) mass is 578 g/mol. The van der Waals surface area contributed by atoms with E-state index in [9.17, 15) is 14.4 Å². The van der Waals surface area contributed by atoms with Crippen LogP contribution < -0.4 is 16.0 Å². The molecule has 2 fully saturated rings. The van der Waals surface area contributed by atoms with E-state index >= 15 is 0 Å². The van der Waals surface area contributed by atoms with E-state index in [0.29, 0.717) is 35.8 Å². The van der Waals surface area contributed by atoms with Crippen LogP contribution in [0.25, 0.3) is 11.3 Å². The first kappa shape index (κ1) is 31.8. The number of benzene rings is 1. The highest BCUT2D eigenvalue weighted by Gasteiger charge is 2.26. The minimum absolute atomic E-state index is 0.0876. The molecule has 0 spiro atoms. The Morgan fingerprint density at radius 1 is 0.786 bits per heavy atom. The fourth-order valence-corrected chi connectivity index (χ4v) is 5.95. The maximum Gasteiger partial charge on any atom is 0.253 e. The van der Waals surface area contributed by atoms with E-state index < -0.39 is 11.1 Å². The molecule has 230 valence electrons. The molecular weight excluding hydrogens is 528 g/mol. The molecule has 1 aliphatic carbocycles. The highest BCUT2D eigenvalue weighted by Crippen LogP contribution is 2.33. The highest BCUT2D eigenvalue weighted by molar-refractivity contribution is 6.02. The Labute approximate surface area is 251 Å². The largest absolute Gasteiger partial charge is 0.381 e. The van der Waals surface area contributed by atoms with E-state index in [2.05, 4.69) is 20.5 Å². The Morgan fingerprint density at radius 2 is 1.33 bits per heavy atom. The smallest absolute Gasteiger partial charge is 0.253 e. The molecule has 0 radical (unpaired) electrons. The molecule has 1 saturated heterocycles. The number of nitrogens with zero attached hydrogens (tertiary/aromatic N) is 1. The number of hydrogen-bond acceptors (Lipinski definition) is 4. The van der Waals surface area contributed by atoms with Crippen molar-refractivity contribution in [1.82, 2.24) is 20.5 Å². The van der Waals surface area contributed by atoms with Crippen LogP contribution in [0, 0.1) is 12.8 Å². The molecule has 0 bridgehead atoms. The summed E-state index contributed by atoms with van der Waals surface area (Å²) < 4.78 is 7.71. The second-order valence-corrected chi connectivity index (χ2v) is 14.2. The third-order valence-corrected chi connectivity index (χ3v) is 8.06. The second kappa shape index (κ2) is 13.0. The fourth-order valence-electron chi connectivity index (χ4n) is 5.95. The van der Waals surface area contributed by atoms with Crippen LogP contribution in [0.3, 0.4) is 0 Å². The van der Waals surface area contributed by atoms with Crippen molar-refractivity contribution in [2.24, 2.45) is 5.92 Å². The van der Waals surface area contributed by atoms with Crippen LogP contribution in [0.15, 0.2) is 24.3 Å². The van der Waals surface area contributed by atoms with Crippen LogP contribution in [0.5, 0.6) is 0 Å². The first-order valence-electron chi connectivity index (χ1n) is 15.6. The molecule has 3 amide bonds. The Hall–Kier alpha value is -3.13. The lowest BCUT2D eigenvalue weighted by Crippen LogP contribution is -2.41. The third kappa shape index (κ3) is 8.46. The molecule has 3 N–H and O–H groups in total. The lowest BCUT2D eigenvalue weighted by Gasteiger charge is -2.25. The van der Waals surface area contributed by atoms with Crippen molar-refractivity contribution in [3.05, 3.63) is 46.6 Å². The summed E-state index contributed by atoms with van der Waals surface area (Å²) in [6.45, 7) is 15.7. The fraction of sp³-hybridized carbons (Fsp3) is 0.618. The predicted octanol–water partition coefficient (Wildman–Crippen LogP) is 6.01. The summed E-state index contributed by atoms with van der Waals surface area (Å²) in [6, 6.07) is 7.39. The van der Waals surface area contributed by atoms with Gasteiger partial charge in [-0.1, -0.05) is 19.3 Å². The quantitative estimate of drug-likeness (QED) is 0.375. The van der Waals surface area contributed by atoms with Crippen LogP contribution in [0.4, 0.5) is 0 Å². The van der Waals surface area contributed by atoms with Crippen LogP contribution >= 0.6 is 0 Å². The molecule has 2 aromatic rings. The Kier molecular flexibility index (Phi) is 9.86. The van der Waals surface area contributed by atoms with Gasteiger partial charge in [-0.25, -0.2) is 0 Å². The van der Waals surface area contributed by atoms with Crippen molar-refractivity contribution < 1.29 is 19.1 Å². The second-order valence-electron chi connectivity index (χ2n) is 14.2. The number of nitrogens with one attached hydrogen (secondary N) is 3. The number of hydrogen-bond donors (Lipinski definition) is 3. The molecule has 1 saturated carbocycles. The topological polar surface area (TPSA) is 101 Å². The van der Waals surface area contributed by atoms with Gasteiger partial charge >= 0.3 is 0 Å². The van der Waals surface area contributed by atoms with Gasteiger partial charge in [0.25, 0.3) is 17.7 Å². The predicted molar refractivity (Wildman–Crippen MR) is 167 cm³/mol. The zero-order chi connectivity index (χ0) is 30.7. The number of carbonyl (C=O) groups is 3. The number of amides is 3. The summed E-state index contributed by atoms with van der Waals surface area (Å²) in [5, 5.41) is 9.30. The lowest BCUT2D eigenvalue weighted by atomic mass is 9.89. The zero-order valence-corrected chi connectivity index (χ0v) is 26.6. The van der Waals surface area contributed by atoms with Gasteiger partial charge in [-0.15, -0.1) is 0 Å². The number of ether oxygens (including phenoxy) is 1. The molecule has 2 aliphatic rings. The molecule has 0 unspecified atom stereocenters. The van der Waals surface area contributed by atoms with Crippen molar-refractivity contribution in [1.29, 1.82) is 0 Å². The number of aromatic nitrogens is 1. The van der Waals surface area contributed by atoms with Crippen molar-refractivity contribution in [3.8, 4) is 11.3 Å². The average Bonchev–Trinajstić information content (AvgIpc) is 3.23. The summed E-state index contributed by atoms with van der Waals surface area (Å²) in [6.07, 6.45) is 7.63. The molecule has 0 atom stereocenters. The normalized spacial score (nSPS) is 17.1. The number of rotatable bonds is 7. The van der Waals surface area contributed by atoms with Crippen molar-refractivity contribution >= 4 is 17.7 Å². The Bertz CT molecular complexity index is 1240. The van der Waals surface area contributed by atoms with E-state index in [1.54, 1.807) is 6.07 Å². The van der Waals surface area contributed by atoms with Gasteiger partial charge in [0, 0.05) is 59.4 Å². The molecule has 1 aliphatic heterocycles. The van der Waals surface area contributed by atoms with Gasteiger partial charge in [0.2, 0.25) is 0 Å². The van der Waals surface area contributed by atoms with E-state index in [1.165, 1.54) is 19.3 Å². The summed E-state index contributed by atoms with van der Waals surface area (Å²) in [5.41, 5.74) is 3.10. The van der Waals surface area contributed by atoms with Crippen molar-refractivity contribution in [2.75, 3.05) is 13.2 Å². The first-order valence-corrected chi connectivity index (χ1v) is 15.6. The molecule has 8 heteroatoms. The average molecular weight is 579 g/mol. The highest BCUT2D eigenvalue weighted by atomic mass is 16.5. The van der Waals surface area contributed by atoms with E-state index in [0.717, 1.165) is 49.2 Å². The van der Waals surface area contributed by atoms with Crippen LogP contribution in [0.1, 0.15) is 123 Å². The van der Waals surface area contributed by atoms with E-state index in [-0.39, 0.29) is 23.8 Å². The summed E-state index contributed by atoms with van der Waals surface area (Å²) in [4.78, 5) is 40.4. The van der Waals surface area contributed by atoms with Gasteiger partial charge in [-0.05, 0) is 110 Å². The van der Waals surface area contributed by atoms with Crippen molar-refractivity contribution in [3.63, 3.8) is 0 Å². The maximum absolute atomic E-state index is 13.6. The van der Waals surface area contributed by atoms with Gasteiger partial charge in [-0.2, -0.15) is 0 Å². The SMILES string of the molecule is Cc1c(C(=O)NC2CCOCC2)cc(-c2cc(C(=O)NC(C)(C)C)cc(C(=O)NC(C)(C)C)c2)n1CC1CCCCC1. The number of carbonyl (C=O) groups excluding carboxylic acids is 3. The first-order chi connectivity index (χ1) is 19.7. The minimum Gasteiger partial charge on any atom is -0.381 e. The molecule has 4 rings (SSSR count). The maximum atomic E-state index is 13.6. The van der Waals surface area contributed by atoms with Crippen molar-refractivity contribution in [2.45, 2.75) is 117 Å². The molecule has 1 aromatic heterocycles. The van der Waals surface area contributed by atoms with E-state index in [4.69, 9.17) is 4.74 Å². The molecular formula is C34H50N4O4. The molecule has 2 heterocycles. The van der Waals surface area contributed by atoms with Gasteiger partial charge in [0.1, 0.15) is 0 Å². The molecule has 1 aromatic carbocycles. The van der Waals surface area contributed by atoms with Crippen LogP contribution in [0.2, 0.25) is 0 Å². The van der Waals surface area contributed by atoms with Gasteiger partial charge < -0.3 is 25.3 Å².